The van der Waals surface area contributed by atoms with Gasteiger partial charge in [-0.15, -0.1) is 11.3 Å². The van der Waals surface area contributed by atoms with Gasteiger partial charge in [0.25, 0.3) is 0 Å². The van der Waals surface area contributed by atoms with Gasteiger partial charge in [-0.05, 0) is 31.2 Å². The van der Waals surface area contributed by atoms with E-state index in [0.717, 1.165) is 19.6 Å². The van der Waals surface area contributed by atoms with Crippen molar-refractivity contribution >= 4 is 27.4 Å². The highest BCUT2D eigenvalue weighted by atomic mass is 32.1. The third-order valence-electron chi connectivity index (χ3n) is 6.05. The van der Waals surface area contributed by atoms with Gasteiger partial charge in [0.1, 0.15) is 23.5 Å². The van der Waals surface area contributed by atoms with Crippen LogP contribution in [-0.2, 0) is 19.4 Å². The molecule has 1 N–H and O–H groups in total. The number of fused-ring (bicyclic) bond motifs is 3. The second-order valence-electron chi connectivity index (χ2n) is 7.84. The van der Waals surface area contributed by atoms with Gasteiger partial charge >= 0.3 is 0 Å². The van der Waals surface area contributed by atoms with E-state index in [-0.39, 0.29) is 0 Å². The van der Waals surface area contributed by atoms with Gasteiger partial charge in [-0.2, -0.15) is 0 Å². The Morgan fingerprint density at radius 2 is 1.78 bits per heavy atom. The summed E-state index contributed by atoms with van der Waals surface area (Å²) in [6.45, 7) is 5.64. The quantitative estimate of drug-likeness (QED) is 0.711. The predicted molar refractivity (Wildman–Crippen MR) is 112 cm³/mol. The summed E-state index contributed by atoms with van der Waals surface area (Å²) in [6.07, 6.45) is 8.19. The van der Waals surface area contributed by atoms with Gasteiger partial charge in [0, 0.05) is 10.4 Å². The summed E-state index contributed by atoms with van der Waals surface area (Å²) in [7, 11) is 0. The predicted octanol–water partition coefficient (Wildman–Crippen LogP) is 2.87. The fraction of sp³-hybridized carbons (Fsp3) is 0.455. The minimum Gasteiger partial charge on any atom is -0.345 e. The fourth-order valence-corrected chi connectivity index (χ4v) is 5.81. The molecule has 1 aliphatic carbocycles. The molecule has 2 aromatic heterocycles. The van der Waals surface area contributed by atoms with Crippen molar-refractivity contribution in [1.29, 1.82) is 0 Å². The number of benzene rings is 1. The number of piperazine rings is 1. The average Bonchev–Trinajstić information content (AvgIpc) is 2.91. The van der Waals surface area contributed by atoms with Crippen molar-refractivity contribution in [3.63, 3.8) is 0 Å². The number of thiophene rings is 1. The molecule has 27 heavy (non-hydrogen) atoms. The summed E-state index contributed by atoms with van der Waals surface area (Å²) in [5, 5.41) is 1.37. The van der Waals surface area contributed by atoms with Crippen LogP contribution in [0.1, 0.15) is 35.3 Å². The van der Waals surface area contributed by atoms with E-state index in [1.54, 1.807) is 21.7 Å². The molecule has 5 heteroatoms. The van der Waals surface area contributed by atoms with Crippen LogP contribution < -0.4 is 9.80 Å². The summed E-state index contributed by atoms with van der Waals surface area (Å²) in [6, 6.07) is 10.9. The third-order valence-corrected chi connectivity index (χ3v) is 7.25. The van der Waals surface area contributed by atoms with Crippen LogP contribution >= 0.6 is 11.3 Å². The minimum absolute atomic E-state index is 1.08. The number of nitrogens with zero attached hydrogens (tertiary/aromatic N) is 3. The maximum absolute atomic E-state index is 4.76. The number of aryl methyl sites for hydroxylation is 2. The Bertz CT molecular complexity index is 913. The fourth-order valence-electron chi connectivity index (χ4n) is 4.59. The van der Waals surface area contributed by atoms with Crippen molar-refractivity contribution < 1.29 is 4.90 Å². The Hall–Kier alpha value is -1.98. The number of anilines is 1. The molecular formula is C22H27N4S+. The first-order valence-electron chi connectivity index (χ1n) is 10.3. The van der Waals surface area contributed by atoms with Crippen LogP contribution in [0.2, 0.25) is 0 Å². The topological polar surface area (TPSA) is 33.5 Å². The average molecular weight is 380 g/mol. The monoisotopic (exact) mass is 379 g/mol. The second-order valence-corrected chi connectivity index (χ2v) is 8.92. The first-order valence-corrected chi connectivity index (χ1v) is 11.1. The highest BCUT2D eigenvalue weighted by Crippen LogP contribution is 2.38. The molecule has 0 saturated carbocycles. The standard InChI is InChI=1S/C22H26N4S/c1-3-7-17(8-4-1)15-25-11-13-26(14-12-25)21-20-18-9-5-2-6-10-19(18)27-22(20)24-16-23-21/h1,3-4,7-8,16H,2,5-6,9-15H2/p+1. The number of hydrogen-bond acceptors (Lipinski definition) is 4. The third kappa shape index (κ3) is 3.46. The molecule has 0 amide bonds. The lowest BCUT2D eigenvalue weighted by Gasteiger charge is -2.33. The SMILES string of the molecule is c1ccc(C[NH+]2CCN(c3ncnc4sc5c(c34)CCCCC5)CC2)cc1. The van der Waals surface area contributed by atoms with Gasteiger partial charge in [0.15, 0.2) is 0 Å². The molecule has 3 aromatic rings. The lowest BCUT2D eigenvalue weighted by Crippen LogP contribution is -3.13. The van der Waals surface area contributed by atoms with Crippen LogP contribution in [0.25, 0.3) is 10.2 Å². The van der Waals surface area contributed by atoms with Crippen LogP contribution in [0.4, 0.5) is 5.82 Å². The van der Waals surface area contributed by atoms with Crippen LogP contribution in [-0.4, -0.2) is 36.1 Å². The number of nitrogens with one attached hydrogen (secondary N) is 1. The van der Waals surface area contributed by atoms with E-state index in [4.69, 9.17) is 4.98 Å². The number of quaternary nitrogens is 1. The zero-order valence-electron chi connectivity index (χ0n) is 15.8. The Kier molecular flexibility index (Phi) is 4.80. The van der Waals surface area contributed by atoms with E-state index in [0.29, 0.717) is 0 Å². The molecule has 0 atom stereocenters. The van der Waals surface area contributed by atoms with Crippen LogP contribution in [0.3, 0.4) is 0 Å². The van der Waals surface area contributed by atoms with E-state index in [9.17, 15) is 0 Å². The van der Waals surface area contributed by atoms with Crippen molar-refractivity contribution in [2.45, 2.75) is 38.6 Å². The molecule has 2 aliphatic rings. The zero-order chi connectivity index (χ0) is 18.1. The highest BCUT2D eigenvalue weighted by molar-refractivity contribution is 7.18. The van der Waals surface area contributed by atoms with Crippen molar-refractivity contribution in [3.8, 4) is 0 Å². The van der Waals surface area contributed by atoms with E-state index >= 15 is 0 Å². The van der Waals surface area contributed by atoms with Crippen LogP contribution in [0, 0.1) is 0 Å². The van der Waals surface area contributed by atoms with Gasteiger partial charge in [-0.1, -0.05) is 36.8 Å². The largest absolute Gasteiger partial charge is 0.345 e. The van der Waals surface area contributed by atoms with E-state index in [1.165, 1.54) is 66.8 Å². The molecule has 1 aliphatic heterocycles. The summed E-state index contributed by atoms with van der Waals surface area (Å²) >= 11 is 1.91. The Labute approximate surface area is 164 Å². The second kappa shape index (κ2) is 7.56. The molecule has 0 bridgehead atoms. The van der Waals surface area contributed by atoms with Crippen molar-refractivity contribution in [3.05, 3.63) is 52.7 Å². The maximum Gasteiger partial charge on any atom is 0.141 e. The molecule has 1 fully saturated rings. The zero-order valence-corrected chi connectivity index (χ0v) is 16.6. The number of rotatable bonds is 3. The molecular weight excluding hydrogens is 352 g/mol. The van der Waals surface area contributed by atoms with Gasteiger partial charge in [-0.25, -0.2) is 9.97 Å². The molecule has 0 unspecified atom stereocenters. The summed E-state index contributed by atoms with van der Waals surface area (Å²) in [5.41, 5.74) is 3.00. The lowest BCUT2D eigenvalue weighted by molar-refractivity contribution is -0.914. The first-order chi connectivity index (χ1) is 13.4. The molecule has 5 rings (SSSR count). The molecule has 3 heterocycles. The van der Waals surface area contributed by atoms with Crippen LogP contribution in [0.5, 0.6) is 0 Å². The molecule has 4 nitrogen and oxygen atoms in total. The van der Waals surface area contributed by atoms with E-state index < -0.39 is 0 Å². The molecule has 0 spiro atoms. The van der Waals surface area contributed by atoms with Crippen molar-refractivity contribution in [1.82, 2.24) is 9.97 Å². The number of aromatic nitrogens is 2. The van der Waals surface area contributed by atoms with Crippen molar-refractivity contribution in [2.24, 2.45) is 0 Å². The Balaban J connectivity index is 1.36. The smallest absolute Gasteiger partial charge is 0.141 e. The highest BCUT2D eigenvalue weighted by Gasteiger charge is 2.26. The van der Waals surface area contributed by atoms with E-state index in [1.807, 2.05) is 11.3 Å². The summed E-state index contributed by atoms with van der Waals surface area (Å²) in [5.74, 6) is 1.19. The molecule has 1 saturated heterocycles. The van der Waals surface area contributed by atoms with Gasteiger partial charge in [-0.3, -0.25) is 0 Å². The molecule has 140 valence electrons. The summed E-state index contributed by atoms with van der Waals surface area (Å²) < 4.78 is 0. The Morgan fingerprint density at radius 3 is 2.63 bits per heavy atom. The minimum atomic E-state index is 1.08. The van der Waals surface area contributed by atoms with Gasteiger partial charge in [0.2, 0.25) is 0 Å². The summed E-state index contributed by atoms with van der Waals surface area (Å²) in [4.78, 5) is 16.3. The van der Waals surface area contributed by atoms with Crippen LogP contribution in [0.15, 0.2) is 36.7 Å². The normalized spacial score (nSPS) is 18.4. The molecule has 0 radical (unpaired) electrons. The lowest BCUT2D eigenvalue weighted by atomic mass is 10.1. The first kappa shape index (κ1) is 17.1. The Morgan fingerprint density at radius 1 is 0.963 bits per heavy atom. The van der Waals surface area contributed by atoms with E-state index in [2.05, 4.69) is 40.2 Å². The maximum atomic E-state index is 4.76. The van der Waals surface area contributed by atoms with Crippen molar-refractivity contribution in [2.75, 3.05) is 31.1 Å². The van der Waals surface area contributed by atoms with Gasteiger partial charge in [0.05, 0.1) is 31.6 Å². The van der Waals surface area contributed by atoms with Gasteiger partial charge < -0.3 is 9.80 Å². The number of hydrogen-bond donors (Lipinski definition) is 1. The molecule has 1 aromatic carbocycles.